The zero-order valence-corrected chi connectivity index (χ0v) is 9.26. The van der Waals surface area contributed by atoms with Gasteiger partial charge in [-0.1, -0.05) is 19.8 Å². The van der Waals surface area contributed by atoms with Crippen LogP contribution in [-0.2, 0) is 9.47 Å². The van der Waals surface area contributed by atoms with Crippen molar-refractivity contribution in [2.45, 2.75) is 57.7 Å². The van der Waals surface area contributed by atoms with Crippen LogP contribution in [0.2, 0.25) is 0 Å². The second kappa shape index (κ2) is 4.63. The minimum Gasteiger partial charge on any atom is -0.350 e. The lowest BCUT2D eigenvalue weighted by Crippen LogP contribution is -2.40. The molecule has 0 aromatic heterocycles. The van der Waals surface area contributed by atoms with E-state index in [2.05, 4.69) is 6.92 Å². The van der Waals surface area contributed by atoms with Crippen molar-refractivity contribution in [3.63, 3.8) is 0 Å². The molecule has 0 bridgehead atoms. The predicted octanol–water partition coefficient (Wildman–Crippen LogP) is 3.11. The summed E-state index contributed by atoms with van der Waals surface area (Å²) in [5, 5.41) is 0. The summed E-state index contributed by atoms with van der Waals surface area (Å²) in [6.45, 7) is 4.08. The molecule has 2 aliphatic rings. The van der Waals surface area contributed by atoms with E-state index < -0.39 is 0 Å². The van der Waals surface area contributed by atoms with Crippen LogP contribution >= 0.6 is 0 Å². The van der Waals surface area contributed by atoms with E-state index in [9.17, 15) is 0 Å². The highest BCUT2D eigenvalue weighted by atomic mass is 16.7. The van der Waals surface area contributed by atoms with Crippen molar-refractivity contribution >= 4 is 0 Å². The summed E-state index contributed by atoms with van der Waals surface area (Å²) in [7, 11) is 0. The van der Waals surface area contributed by atoms with Gasteiger partial charge in [-0.25, -0.2) is 0 Å². The average molecular weight is 198 g/mol. The lowest BCUT2D eigenvalue weighted by Gasteiger charge is -2.39. The molecular formula is C12H22O2. The Morgan fingerprint density at radius 2 is 1.86 bits per heavy atom. The Labute approximate surface area is 87.0 Å². The third kappa shape index (κ3) is 2.29. The molecule has 1 unspecified atom stereocenters. The molecule has 0 aromatic rings. The van der Waals surface area contributed by atoms with Crippen molar-refractivity contribution in [3.05, 3.63) is 0 Å². The molecule has 1 spiro atoms. The molecule has 2 nitrogen and oxygen atoms in total. The largest absolute Gasteiger partial charge is 0.350 e. The van der Waals surface area contributed by atoms with Crippen LogP contribution in [0.5, 0.6) is 0 Å². The Kier molecular flexibility index (Phi) is 3.45. The highest BCUT2D eigenvalue weighted by Gasteiger charge is 2.38. The first kappa shape index (κ1) is 10.4. The smallest absolute Gasteiger partial charge is 0.168 e. The van der Waals surface area contributed by atoms with Gasteiger partial charge in [0.2, 0.25) is 0 Å². The maximum Gasteiger partial charge on any atom is 0.168 e. The number of hydrogen-bond donors (Lipinski definition) is 0. The lowest BCUT2D eigenvalue weighted by atomic mass is 9.83. The normalized spacial score (nSPS) is 32.8. The van der Waals surface area contributed by atoms with Gasteiger partial charge in [-0.3, -0.25) is 0 Å². The Bertz CT molecular complexity index is 171. The molecule has 1 atom stereocenters. The SMILES string of the molecule is CCC1CCCC2(C1)OCCCCO2. The van der Waals surface area contributed by atoms with E-state index >= 15 is 0 Å². The number of rotatable bonds is 1. The zero-order chi connectivity index (χ0) is 9.86. The Morgan fingerprint density at radius 3 is 2.50 bits per heavy atom. The van der Waals surface area contributed by atoms with Crippen LogP contribution in [0, 0.1) is 5.92 Å². The van der Waals surface area contributed by atoms with Gasteiger partial charge in [0.1, 0.15) is 0 Å². The van der Waals surface area contributed by atoms with Crippen LogP contribution in [0.4, 0.5) is 0 Å². The second-order valence-electron chi connectivity index (χ2n) is 4.69. The van der Waals surface area contributed by atoms with Crippen molar-refractivity contribution < 1.29 is 9.47 Å². The highest BCUT2D eigenvalue weighted by molar-refractivity contribution is 4.81. The molecule has 0 radical (unpaired) electrons. The van der Waals surface area contributed by atoms with Crippen LogP contribution in [-0.4, -0.2) is 19.0 Å². The topological polar surface area (TPSA) is 18.5 Å². The minimum absolute atomic E-state index is 0.185. The second-order valence-corrected chi connectivity index (χ2v) is 4.69. The van der Waals surface area contributed by atoms with Crippen molar-refractivity contribution in [2.24, 2.45) is 5.92 Å². The summed E-state index contributed by atoms with van der Waals surface area (Å²) in [6.07, 6.45) is 8.49. The Morgan fingerprint density at radius 1 is 1.14 bits per heavy atom. The summed E-state index contributed by atoms with van der Waals surface area (Å²) in [4.78, 5) is 0. The molecular weight excluding hydrogens is 176 g/mol. The van der Waals surface area contributed by atoms with E-state index in [0.717, 1.165) is 32.0 Å². The molecule has 0 aromatic carbocycles. The van der Waals surface area contributed by atoms with Gasteiger partial charge >= 0.3 is 0 Å². The van der Waals surface area contributed by atoms with Gasteiger partial charge < -0.3 is 9.47 Å². The minimum atomic E-state index is -0.185. The molecule has 82 valence electrons. The molecule has 1 saturated heterocycles. The number of hydrogen-bond acceptors (Lipinski definition) is 2. The summed E-state index contributed by atoms with van der Waals surface area (Å²) >= 11 is 0. The third-order valence-corrected chi connectivity index (χ3v) is 3.62. The third-order valence-electron chi connectivity index (χ3n) is 3.62. The molecule has 2 fully saturated rings. The van der Waals surface area contributed by atoms with Crippen LogP contribution in [0.3, 0.4) is 0 Å². The molecule has 2 rings (SSSR count). The molecule has 1 aliphatic heterocycles. The maximum absolute atomic E-state index is 5.94. The van der Waals surface area contributed by atoms with E-state index in [-0.39, 0.29) is 5.79 Å². The maximum atomic E-state index is 5.94. The van der Waals surface area contributed by atoms with Gasteiger partial charge in [0.05, 0.1) is 13.2 Å². The molecule has 1 aliphatic carbocycles. The van der Waals surface area contributed by atoms with Crippen molar-refractivity contribution in [3.8, 4) is 0 Å². The van der Waals surface area contributed by atoms with E-state index in [1.807, 2.05) is 0 Å². The van der Waals surface area contributed by atoms with Gasteiger partial charge in [0.25, 0.3) is 0 Å². The van der Waals surface area contributed by atoms with Crippen molar-refractivity contribution in [2.75, 3.05) is 13.2 Å². The lowest BCUT2D eigenvalue weighted by molar-refractivity contribution is -0.248. The first-order valence-electron chi connectivity index (χ1n) is 6.12. The predicted molar refractivity (Wildman–Crippen MR) is 56.1 cm³/mol. The fraction of sp³-hybridized carbons (Fsp3) is 1.00. The standard InChI is InChI=1S/C12H22O2/c1-2-11-6-5-7-12(10-11)13-8-3-4-9-14-12/h11H,2-10H2,1H3. The summed E-state index contributed by atoms with van der Waals surface area (Å²) in [5.74, 6) is 0.636. The van der Waals surface area contributed by atoms with Gasteiger partial charge in [-0.05, 0) is 25.2 Å². The molecule has 1 heterocycles. The monoisotopic (exact) mass is 198 g/mol. The Balaban J connectivity index is 1.97. The van der Waals surface area contributed by atoms with Gasteiger partial charge in [0.15, 0.2) is 5.79 Å². The van der Waals surface area contributed by atoms with E-state index in [4.69, 9.17) is 9.47 Å². The zero-order valence-electron chi connectivity index (χ0n) is 9.26. The van der Waals surface area contributed by atoms with Crippen LogP contribution in [0.25, 0.3) is 0 Å². The first-order chi connectivity index (χ1) is 6.85. The summed E-state index contributed by atoms with van der Waals surface area (Å²) in [5.41, 5.74) is 0. The average Bonchev–Trinajstić information content (AvgIpc) is 2.44. The van der Waals surface area contributed by atoms with Crippen molar-refractivity contribution in [1.82, 2.24) is 0 Å². The van der Waals surface area contributed by atoms with Gasteiger partial charge in [-0.2, -0.15) is 0 Å². The molecule has 2 heteroatoms. The molecule has 0 amide bonds. The molecule has 14 heavy (non-hydrogen) atoms. The van der Waals surface area contributed by atoms with Gasteiger partial charge in [-0.15, -0.1) is 0 Å². The van der Waals surface area contributed by atoms with Crippen LogP contribution in [0.15, 0.2) is 0 Å². The molecule has 1 saturated carbocycles. The number of ether oxygens (including phenoxy) is 2. The van der Waals surface area contributed by atoms with Crippen LogP contribution < -0.4 is 0 Å². The van der Waals surface area contributed by atoms with E-state index in [1.165, 1.54) is 32.1 Å². The van der Waals surface area contributed by atoms with Crippen molar-refractivity contribution in [1.29, 1.82) is 0 Å². The highest BCUT2D eigenvalue weighted by Crippen LogP contribution is 2.38. The van der Waals surface area contributed by atoms with Crippen LogP contribution in [0.1, 0.15) is 51.9 Å². The molecule has 0 N–H and O–H groups in total. The van der Waals surface area contributed by atoms with E-state index in [0.29, 0.717) is 0 Å². The van der Waals surface area contributed by atoms with E-state index in [1.54, 1.807) is 0 Å². The van der Waals surface area contributed by atoms with Gasteiger partial charge in [0, 0.05) is 12.8 Å². The summed E-state index contributed by atoms with van der Waals surface area (Å²) < 4.78 is 11.9. The Hall–Kier alpha value is -0.0800. The fourth-order valence-corrected chi connectivity index (χ4v) is 2.68. The fourth-order valence-electron chi connectivity index (χ4n) is 2.68. The summed E-state index contributed by atoms with van der Waals surface area (Å²) in [6, 6.07) is 0. The quantitative estimate of drug-likeness (QED) is 0.644. The first-order valence-corrected chi connectivity index (χ1v) is 6.12.